The van der Waals surface area contributed by atoms with Gasteiger partial charge in [-0.3, -0.25) is 9.59 Å². The lowest BCUT2D eigenvalue weighted by Gasteiger charge is -2.24. The third kappa shape index (κ3) is 2.85. The Morgan fingerprint density at radius 1 is 1.04 bits per heavy atom. The first-order valence-corrected chi connectivity index (χ1v) is 8.18. The molecule has 2 N–H and O–H groups in total. The molecule has 1 aromatic heterocycles. The molecular formula is C20H17N3O2. The van der Waals surface area contributed by atoms with Gasteiger partial charge in [0, 0.05) is 17.9 Å². The van der Waals surface area contributed by atoms with Crippen molar-refractivity contribution >= 4 is 11.7 Å². The van der Waals surface area contributed by atoms with Gasteiger partial charge in [-0.2, -0.15) is 0 Å². The highest BCUT2D eigenvalue weighted by Crippen LogP contribution is 2.34. The fourth-order valence-corrected chi connectivity index (χ4v) is 3.28. The zero-order chi connectivity index (χ0) is 17.4. The maximum absolute atomic E-state index is 12.8. The van der Waals surface area contributed by atoms with Crippen LogP contribution in [0.5, 0.6) is 0 Å². The lowest BCUT2D eigenvalue weighted by atomic mass is 9.86. The number of nitrogens with one attached hydrogen (secondary N) is 2. The lowest BCUT2D eigenvalue weighted by molar-refractivity contribution is -0.116. The van der Waals surface area contributed by atoms with Gasteiger partial charge in [0.15, 0.2) is 0 Å². The first-order chi connectivity index (χ1) is 12.1. The van der Waals surface area contributed by atoms with Gasteiger partial charge >= 0.3 is 0 Å². The van der Waals surface area contributed by atoms with Gasteiger partial charge in [0.1, 0.15) is 11.6 Å². The third-order valence-electron chi connectivity index (χ3n) is 4.44. The van der Waals surface area contributed by atoms with Gasteiger partial charge in [0.2, 0.25) is 5.91 Å². The second-order valence-corrected chi connectivity index (χ2v) is 6.26. The molecule has 0 fully saturated rings. The normalized spacial score (nSPS) is 16.2. The Balaban J connectivity index is 1.87. The van der Waals surface area contributed by atoms with Crippen molar-refractivity contribution in [3.8, 4) is 11.4 Å². The van der Waals surface area contributed by atoms with E-state index in [4.69, 9.17) is 0 Å². The molecule has 3 aromatic rings. The number of hydrogen-bond donors (Lipinski definition) is 2. The summed E-state index contributed by atoms with van der Waals surface area (Å²) in [4.78, 5) is 32.3. The van der Waals surface area contributed by atoms with Crippen molar-refractivity contribution in [3.63, 3.8) is 0 Å². The molecule has 0 radical (unpaired) electrons. The topological polar surface area (TPSA) is 74.8 Å². The summed E-state index contributed by atoms with van der Waals surface area (Å²) < 4.78 is 0. The summed E-state index contributed by atoms with van der Waals surface area (Å²) in [5.41, 5.74) is 3.15. The summed E-state index contributed by atoms with van der Waals surface area (Å²) in [7, 11) is 0. The number of benzene rings is 2. The fraction of sp³-hybridized carbons (Fsp3) is 0.150. The molecule has 0 saturated carbocycles. The zero-order valence-electron chi connectivity index (χ0n) is 13.7. The number of aromatic amines is 1. The number of hydrogen-bond acceptors (Lipinski definition) is 3. The van der Waals surface area contributed by atoms with Gasteiger partial charge in [-0.25, -0.2) is 4.98 Å². The number of aryl methyl sites for hydroxylation is 1. The standard InChI is InChI=1S/C20H17N3O2/c1-12-6-5-9-14(10-12)15-11-16(24)21-19-17(15)20(25)23-18(22-19)13-7-3-2-4-8-13/h2-10,15H,11H2,1H3,(H2,21,22,23,24,25). The Morgan fingerprint density at radius 3 is 2.60 bits per heavy atom. The molecule has 0 aliphatic carbocycles. The SMILES string of the molecule is Cc1cccc(C2CC(=O)Nc3nc(-c4ccccc4)[nH]c(=O)c32)c1. The summed E-state index contributed by atoms with van der Waals surface area (Å²) in [6.45, 7) is 1.99. The van der Waals surface area contributed by atoms with Gasteiger partial charge in [-0.05, 0) is 12.5 Å². The minimum atomic E-state index is -0.287. The van der Waals surface area contributed by atoms with Crippen LogP contribution in [0.3, 0.4) is 0 Å². The molecule has 5 heteroatoms. The average molecular weight is 331 g/mol. The maximum atomic E-state index is 12.8. The largest absolute Gasteiger partial charge is 0.310 e. The molecule has 124 valence electrons. The second kappa shape index (κ2) is 6.02. The molecule has 0 spiro atoms. The lowest BCUT2D eigenvalue weighted by Crippen LogP contribution is -2.31. The number of H-pyrrole nitrogens is 1. The highest BCUT2D eigenvalue weighted by molar-refractivity contribution is 5.94. The molecule has 0 bridgehead atoms. The number of aromatic nitrogens is 2. The Labute approximate surface area is 144 Å². The zero-order valence-corrected chi connectivity index (χ0v) is 13.7. The summed E-state index contributed by atoms with van der Waals surface area (Å²) in [6, 6.07) is 17.3. The van der Waals surface area contributed by atoms with Crippen molar-refractivity contribution in [3.05, 3.63) is 81.6 Å². The first kappa shape index (κ1) is 15.3. The molecule has 1 atom stereocenters. The fourth-order valence-electron chi connectivity index (χ4n) is 3.28. The predicted octanol–water partition coefficient (Wildman–Crippen LogP) is 3.22. The smallest absolute Gasteiger partial charge is 0.257 e. The van der Waals surface area contributed by atoms with Crippen LogP contribution in [0.2, 0.25) is 0 Å². The summed E-state index contributed by atoms with van der Waals surface area (Å²) in [5.74, 6) is 0.390. The van der Waals surface area contributed by atoms with Crippen LogP contribution < -0.4 is 10.9 Å². The predicted molar refractivity (Wildman–Crippen MR) is 96.6 cm³/mol. The van der Waals surface area contributed by atoms with Crippen LogP contribution in [0.4, 0.5) is 5.82 Å². The van der Waals surface area contributed by atoms with Crippen LogP contribution in [0, 0.1) is 6.92 Å². The van der Waals surface area contributed by atoms with Crippen molar-refractivity contribution in [2.45, 2.75) is 19.3 Å². The number of carbonyl (C=O) groups excluding carboxylic acids is 1. The van der Waals surface area contributed by atoms with Crippen LogP contribution in [-0.2, 0) is 4.79 Å². The summed E-state index contributed by atoms with van der Waals surface area (Å²) in [6.07, 6.45) is 0.242. The first-order valence-electron chi connectivity index (χ1n) is 8.18. The molecule has 25 heavy (non-hydrogen) atoms. The minimum Gasteiger partial charge on any atom is -0.310 e. The number of fused-ring (bicyclic) bond motifs is 1. The van der Waals surface area contributed by atoms with Gasteiger partial charge in [-0.15, -0.1) is 0 Å². The van der Waals surface area contributed by atoms with E-state index in [2.05, 4.69) is 15.3 Å². The molecule has 0 saturated heterocycles. The average Bonchev–Trinajstić information content (AvgIpc) is 2.61. The molecule has 4 rings (SSSR count). The molecule has 1 aliphatic heterocycles. The van der Waals surface area contributed by atoms with E-state index in [0.717, 1.165) is 16.7 Å². The van der Waals surface area contributed by atoms with Crippen molar-refractivity contribution < 1.29 is 4.79 Å². The Kier molecular flexibility index (Phi) is 3.69. The van der Waals surface area contributed by atoms with E-state index in [9.17, 15) is 9.59 Å². The highest BCUT2D eigenvalue weighted by Gasteiger charge is 2.31. The molecule has 1 amide bonds. The van der Waals surface area contributed by atoms with E-state index in [1.165, 1.54) is 0 Å². The van der Waals surface area contributed by atoms with E-state index >= 15 is 0 Å². The van der Waals surface area contributed by atoms with E-state index < -0.39 is 0 Å². The minimum absolute atomic E-state index is 0.129. The monoisotopic (exact) mass is 331 g/mol. The van der Waals surface area contributed by atoms with Gasteiger partial charge < -0.3 is 10.3 Å². The van der Waals surface area contributed by atoms with Crippen molar-refractivity contribution in [2.24, 2.45) is 0 Å². The third-order valence-corrected chi connectivity index (χ3v) is 4.44. The highest BCUT2D eigenvalue weighted by atomic mass is 16.2. The van der Waals surface area contributed by atoms with Crippen LogP contribution in [-0.4, -0.2) is 15.9 Å². The van der Waals surface area contributed by atoms with Crippen molar-refractivity contribution in [1.82, 2.24) is 9.97 Å². The van der Waals surface area contributed by atoms with Crippen LogP contribution in [0.25, 0.3) is 11.4 Å². The van der Waals surface area contributed by atoms with E-state index in [-0.39, 0.29) is 23.8 Å². The summed E-state index contributed by atoms with van der Waals surface area (Å²) >= 11 is 0. The molecular weight excluding hydrogens is 314 g/mol. The molecule has 2 aromatic carbocycles. The molecule has 1 unspecified atom stereocenters. The van der Waals surface area contributed by atoms with Crippen LogP contribution >= 0.6 is 0 Å². The molecule has 1 aliphatic rings. The van der Waals surface area contributed by atoms with Gasteiger partial charge in [-0.1, -0.05) is 60.2 Å². The van der Waals surface area contributed by atoms with Gasteiger partial charge in [0.25, 0.3) is 5.56 Å². The Morgan fingerprint density at radius 2 is 1.84 bits per heavy atom. The van der Waals surface area contributed by atoms with E-state index in [1.807, 2.05) is 61.5 Å². The van der Waals surface area contributed by atoms with Crippen LogP contribution in [0.15, 0.2) is 59.4 Å². The van der Waals surface area contributed by atoms with E-state index in [0.29, 0.717) is 17.2 Å². The quantitative estimate of drug-likeness (QED) is 0.757. The number of nitrogens with zero attached hydrogens (tertiary/aromatic N) is 1. The van der Waals surface area contributed by atoms with Crippen molar-refractivity contribution in [2.75, 3.05) is 5.32 Å². The van der Waals surface area contributed by atoms with Crippen LogP contribution in [0.1, 0.15) is 29.0 Å². The second-order valence-electron chi connectivity index (χ2n) is 6.26. The Hall–Kier alpha value is -3.21. The summed E-state index contributed by atoms with van der Waals surface area (Å²) in [5, 5.41) is 2.76. The van der Waals surface area contributed by atoms with Crippen molar-refractivity contribution in [1.29, 1.82) is 0 Å². The number of carbonyl (C=O) groups is 1. The number of anilines is 1. The molecule has 5 nitrogen and oxygen atoms in total. The molecule has 2 heterocycles. The maximum Gasteiger partial charge on any atom is 0.257 e. The van der Waals surface area contributed by atoms with Gasteiger partial charge in [0.05, 0.1) is 5.56 Å². The Bertz CT molecular complexity index is 1010. The number of amides is 1. The van der Waals surface area contributed by atoms with E-state index in [1.54, 1.807) is 0 Å². The number of rotatable bonds is 2.